The molecule has 5 heteroatoms. The van der Waals surface area contributed by atoms with E-state index in [1.165, 1.54) is 7.11 Å². The van der Waals surface area contributed by atoms with E-state index in [4.69, 9.17) is 4.74 Å². The number of benzene rings is 3. The summed E-state index contributed by atoms with van der Waals surface area (Å²) >= 11 is 0. The predicted octanol–water partition coefficient (Wildman–Crippen LogP) is 4.17. The summed E-state index contributed by atoms with van der Waals surface area (Å²) in [5.74, 6) is -0.358. The molecule has 0 aliphatic heterocycles. The maximum Gasteiger partial charge on any atom is 0.337 e. The number of rotatable bonds is 10. The zero-order chi connectivity index (χ0) is 22.9. The lowest BCUT2D eigenvalue weighted by molar-refractivity contribution is 0.0480. The number of esters is 1. The number of nitrogens with zero attached hydrogens (tertiary/aromatic N) is 1. The summed E-state index contributed by atoms with van der Waals surface area (Å²) in [6, 6.07) is 26.5. The Labute approximate surface area is 189 Å². The van der Waals surface area contributed by atoms with E-state index in [0.717, 1.165) is 16.7 Å². The van der Waals surface area contributed by atoms with E-state index < -0.39 is 12.2 Å². The molecule has 0 spiro atoms. The van der Waals surface area contributed by atoms with Crippen molar-refractivity contribution in [3.05, 3.63) is 107 Å². The van der Waals surface area contributed by atoms with Gasteiger partial charge < -0.3 is 14.9 Å². The van der Waals surface area contributed by atoms with Gasteiger partial charge in [0.25, 0.3) is 0 Å². The number of carbonyl (C=O) groups is 1. The van der Waals surface area contributed by atoms with Crippen molar-refractivity contribution < 1.29 is 19.7 Å². The third-order valence-electron chi connectivity index (χ3n) is 5.71. The van der Waals surface area contributed by atoms with Crippen LogP contribution in [0, 0.1) is 0 Å². The van der Waals surface area contributed by atoms with Crippen LogP contribution in [0.2, 0.25) is 0 Å². The molecule has 0 saturated carbocycles. The van der Waals surface area contributed by atoms with Gasteiger partial charge in [-0.05, 0) is 42.2 Å². The summed E-state index contributed by atoms with van der Waals surface area (Å²) in [5, 5.41) is 21.7. The van der Waals surface area contributed by atoms with Gasteiger partial charge in [-0.3, -0.25) is 4.90 Å². The predicted molar refractivity (Wildman–Crippen MR) is 125 cm³/mol. The second-order valence-electron chi connectivity index (χ2n) is 8.05. The molecule has 0 heterocycles. The molecule has 3 atom stereocenters. The molecule has 0 aliphatic rings. The maximum atomic E-state index is 11.7. The lowest BCUT2D eigenvalue weighted by atomic mass is 10.0. The summed E-state index contributed by atoms with van der Waals surface area (Å²) in [6.45, 7) is 2.88. The Hall–Kier alpha value is -2.99. The van der Waals surface area contributed by atoms with Gasteiger partial charge >= 0.3 is 5.97 Å². The molecule has 0 bridgehead atoms. The fourth-order valence-electron chi connectivity index (χ4n) is 3.80. The van der Waals surface area contributed by atoms with Gasteiger partial charge in [0.1, 0.15) is 0 Å². The van der Waals surface area contributed by atoms with Gasteiger partial charge in [-0.25, -0.2) is 4.79 Å². The van der Waals surface area contributed by atoms with Crippen LogP contribution in [-0.4, -0.2) is 47.3 Å². The Morgan fingerprint density at radius 1 is 0.812 bits per heavy atom. The third-order valence-corrected chi connectivity index (χ3v) is 5.71. The first-order chi connectivity index (χ1) is 15.5. The Kier molecular flexibility index (Phi) is 8.56. The average molecular weight is 434 g/mol. The topological polar surface area (TPSA) is 70.0 Å². The number of hydrogen-bond donors (Lipinski definition) is 2. The highest BCUT2D eigenvalue weighted by molar-refractivity contribution is 5.89. The van der Waals surface area contributed by atoms with Crippen molar-refractivity contribution >= 4 is 5.97 Å². The van der Waals surface area contributed by atoms with Crippen LogP contribution in [0.4, 0.5) is 0 Å². The molecule has 0 fully saturated rings. The number of aliphatic hydroxyl groups is 2. The fraction of sp³-hybridized carbons (Fsp3) is 0.296. The Morgan fingerprint density at radius 2 is 1.28 bits per heavy atom. The molecule has 0 aliphatic carbocycles. The van der Waals surface area contributed by atoms with Crippen LogP contribution in [0.25, 0.3) is 0 Å². The lowest BCUT2D eigenvalue weighted by Crippen LogP contribution is -2.40. The fourth-order valence-corrected chi connectivity index (χ4v) is 3.80. The first-order valence-corrected chi connectivity index (χ1v) is 10.8. The molecule has 3 aromatic rings. The SMILES string of the molecule is COC(=O)c1ccc(CC(C)N(C[C@H](O)c2ccccc2)C[C@H](O)c2ccccc2)cc1. The second-order valence-corrected chi connectivity index (χ2v) is 8.05. The molecule has 0 saturated heterocycles. The molecule has 0 amide bonds. The van der Waals surface area contributed by atoms with Crippen molar-refractivity contribution in [3.63, 3.8) is 0 Å². The highest BCUT2D eigenvalue weighted by Crippen LogP contribution is 2.21. The van der Waals surface area contributed by atoms with Crippen LogP contribution in [0.1, 0.15) is 46.2 Å². The van der Waals surface area contributed by atoms with Crippen molar-refractivity contribution in [2.75, 3.05) is 20.2 Å². The molecule has 1 unspecified atom stereocenters. The van der Waals surface area contributed by atoms with Gasteiger partial charge in [-0.15, -0.1) is 0 Å². The number of hydrogen-bond acceptors (Lipinski definition) is 5. The largest absolute Gasteiger partial charge is 0.465 e. The smallest absolute Gasteiger partial charge is 0.337 e. The Bertz CT molecular complexity index is 912. The molecule has 0 radical (unpaired) electrons. The van der Waals surface area contributed by atoms with E-state index >= 15 is 0 Å². The number of ether oxygens (including phenoxy) is 1. The Morgan fingerprint density at radius 3 is 1.72 bits per heavy atom. The molecular weight excluding hydrogens is 402 g/mol. The monoisotopic (exact) mass is 433 g/mol. The lowest BCUT2D eigenvalue weighted by Gasteiger charge is -2.33. The molecule has 3 rings (SSSR count). The molecule has 32 heavy (non-hydrogen) atoms. The summed E-state index contributed by atoms with van der Waals surface area (Å²) in [5.41, 5.74) is 3.28. The molecule has 2 N–H and O–H groups in total. The highest BCUT2D eigenvalue weighted by atomic mass is 16.5. The van der Waals surface area contributed by atoms with Crippen LogP contribution in [0.15, 0.2) is 84.9 Å². The van der Waals surface area contributed by atoms with Gasteiger partial charge in [0.05, 0.1) is 24.9 Å². The van der Waals surface area contributed by atoms with Crippen LogP contribution >= 0.6 is 0 Å². The zero-order valence-corrected chi connectivity index (χ0v) is 18.6. The van der Waals surface area contributed by atoms with Crippen LogP contribution in [0.5, 0.6) is 0 Å². The standard InChI is InChI=1S/C27H31NO4/c1-20(17-21-13-15-24(16-14-21)27(31)32-2)28(18-25(29)22-9-5-3-6-10-22)19-26(30)23-11-7-4-8-12-23/h3-16,20,25-26,29-30H,17-19H2,1-2H3/t20?,25-,26-/m0/s1. The van der Waals surface area contributed by atoms with Gasteiger partial charge in [-0.2, -0.15) is 0 Å². The van der Waals surface area contributed by atoms with E-state index in [0.29, 0.717) is 25.1 Å². The van der Waals surface area contributed by atoms with Crippen LogP contribution in [0.3, 0.4) is 0 Å². The quantitative estimate of drug-likeness (QED) is 0.470. The van der Waals surface area contributed by atoms with E-state index in [1.54, 1.807) is 12.1 Å². The zero-order valence-electron chi connectivity index (χ0n) is 18.6. The Balaban J connectivity index is 1.74. The minimum absolute atomic E-state index is 0.0516. The highest BCUT2D eigenvalue weighted by Gasteiger charge is 2.22. The number of methoxy groups -OCH3 is 1. The number of aliphatic hydroxyl groups excluding tert-OH is 2. The first-order valence-electron chi connectivity index (χ1n) is 10.8. The normalized spacial score (nSPS) is 14.0. The van der Waals surface area contributed by atoms with Crippen molar-refractivity contribution in [2.24, 2.45) is 0 Å². The van der Waals surface area contributed by atoms with E-state index in [9.17, 15) is 15.0 Å². The molecule has 3 aromatic carbocycles. The third kappa shape index (κ3) is 6.50. The summed E-state index contributed by atoms with van der Waals surface area (Å²) in [6.07, 6.45) is -0.614. The van der Waals surface area contributed by atoms with Crippen LogP contribution in [-0.2, 0) is 11.2 Å². The van der Waals surface area contributed by atoms with Crippen molar-refractivity contribution in [1.82, 2.24) is 4.90 Å². The van der Waals surface area contributed by atoms with Gasteiger partial charge in [0, 0.05) is 19.1 Å². The molecule has 168 valence electrons. The first kappa shape index (κ1) is 23.7. The molecular formula is C27H31NO4. The number of carbonyl (C=O) groups excluding carboxylic acids is 1. The van der Waals surface area contributed by atoms with Crippen molar-refractivity contribution in [2.45, 2.75) is 31.6 Å². The van der Waals surface area contributed by atoms with E-state index in [-0.39, 0.29) is 12.0 Å². The molecule has 0 aromatic heterocycles. The van der Waals surface area contributed by atoms with Crippen LogP contribution < -0.4 is 0 Å². The summed E-state index contributed by atoms with van der Waals surface area (Å²) < 4.78 is 4.76. The molecule has 5 nitrogen and oxygen atoms in total. The van der Waals surface area contributed by atoms with E-state index in [2.05, 4.69) is 11.8 Å². The van der Waals surface area contributed by atoms with E-state index in [1.807, 2.05) is 72.8 Å². The van der Waals surface area contributed by atoms with Crippen molar-refractivity contribution in [3.8, 4) is 0 Å². The van der Waals surface area contributed by atoms with Crippen molar-refractivity contribution in [1.29, 1.82) is 0 Å². The van der Waals surface area contributed by atoms with Gasteiger partial charge in [0.15, 0.2) is 0 Å². The van der Waals surface area contributed by atoms with Gasteiger partial charge in [-0.1, -0.05) is 72.8 Å². The van der Waals surface area contributed by atoms with Gasteiger partial charge in [0.2, 0.25) is 0 Å². The summed E-state index contributed by atoms with van der Waals surface area (Å²) in [4.78, 5) is 13.8. The second kappa shape index (κ2) is 11.6. The average Bonchev–Trinajstić information content (AvgIpc) is 2.84. The minimum Gasteiger partial charge on any atom is -0.465 e. The minimum atomic E-state index is -0.664. The summed E-state index contributed by atoms with van der Waals surface area (Å²) in [7, 11) is 1.37. The maximum absolute atomic E-state index is 11.7.